The number of hydrogen-bond acceptors (Lipinski definition) is 4. The van der Waals surface area contributed by atoms with Crippen molar-refractivity contribution in [3.8, 4) is 5.75 Å². The Morgan fingerprint density at radius 2 is 2.27 bits per heavy atom. The Bertz CT molecular complexity index is 318. The monoisotopic (exact) mass is 155 g/mol. The van der Waals surface area contributed by atoms with Crippen molar-refractivity contribution in [3.05, 3.63) is 16.2 Å². The van der Waals surface area contributed by atoms with E-state index < -0.39 is 0 Å². The molecular formula is C6H9N3O2. The summed E-state index contributed by atoms with van der Waals surface area (Å²) in [6.07, 6.45) is 0. The van der Waals surface area contributed by atoms with E-state index in [0.717, 1.165) is 0 Å². The number of nitrogens with two attached hydrogens (primary N) is 1. The minimum atomic E-state index is -0.350. The minimum absolute atomic E-state index is 0.0654. The van der Waals surface area contributed by atoms with Crippen molar-refractivity contribution in [2.24, 2.45) is 0 Å². The Morgan fingerprint density at radius 1 is 1.64 bits per heavy atom. The quantitative estimate of drug-likeness (QED) is 0.581. The molecule has 0 amide bonds. The molecule has 1 heterocycles. The summed E-state index contributed by atoms with van der Waals surface area (Å²) in [5.74, 6) is 0.664. The zero-order valence-electron chi connectivity index (χ0n) is 6.34. The molecule has 0 aliphatic carbocycles. The Hall–Kier alpha value is -1.52. The van der Waals surface area contributed by atoms with Gasteiger partial charge in [0, 0.05) is 0 Å². The average molecular weight is 155 g/mol. The molecule has 0 radical (unpaired) electrons. The molecule has 0 saturated carbocycles. The van der Waals surface area contributed by atoms with Crippen molar-refractivity contribution >= 4 is 5.82 Å². The van der Waals surface area contributed by atoms with Gasteiger partial charge in [-0.1, -0.05) is 0 Å². The highest BCUT2D eigenvalue weighted by Crippen LogP contribution is 2.09. The van der Waals surface area contributed by atoms with Crippen LogP contribution in [0.4, 0.5) is 5.82 Å². The van der Waals surface area contributed by atoms with Crippen molar-refractivity contribution in [1.82, 2.24) is 9.97 Å². The van der Waals surface area contributed by atoms with Gasteiger partial charge in [0.25, 0.3) is 5.56 Å². The summed E-state index contributed by atoms with van der Waals surface area (Å²) in [7, 11) is 1.37. The summed E-state index contributed by atoms with van der Waals surface area (Å²) in [6.45, 7) is 1.65. The second-order valence-electron chi connectivity index (χ2n) is 2.07. The first kappa shape index (κ1) is 7.59. The first-order valence-corrected chi connectivity index (χ1v) is 3.05. The molecule has 5 heteroatoms. The van der Waals surface area contributed by atoms with E-state index in [4.69, 9.17) is 10.5 Å². The number of anilines is 1. The van der Waals surface area contributed by atoms with Crippen molar-refractivity contribution < 1.29 is 4.74 Å². The van der Waals surface area contributed by atoms with Crippen LogP contribution in [0.5, 0.6) is 5.75 Å². The van der Waals surface area contributed by atoms with Gasteiger partial charge in [0.2, 0.25) is 5.75 Å². The van der Waals surface area contributed by atoms with Crippen molar-refractivity contribution in [1.29, 1.82) is 0 Å². The highest BCUT2D eigenvalue weighted by atomic mass is 16.5. The summed E-state index contributed by atoms with van der Waals surface area (Å²) in [5.41, 5.74) is 5.03. The van der Waals surface area contributed by atoms with E-state index in [0.29, 0.717) is 5.82 Å². The van der Waals surface area contributed by atoms with E-state index in [1.807, 2.05) is 0 Å². The normalized spacial score (nSPS) is 9.64. The van der Waals surface area contributed by atoms with Crippen molar-refractivity contribution in [2.45, 2.75) is 6.92 Å². The lowest BCUT2D eigenvalue weighted by molar-refractivity contribution is 0.408. The smallest absolute Gasteiger partial charge is 0.295 e. The molecule has 0 aliphatic heterocycles. The molecule has 5 nitrogen and oxygen atoms in total. The predicted octanol–water partition coefficient (Wildman–Crippen LogP) is -0.331. The van der Waals surface area contributed by atoms with Crippen LogP contribution in [0.15, 0.2) is 4.79 Å². The average Bonchev–Trinajstić information content (AvgIpc) is 1.85. The van der Waals surface area contributed by atoms with Crippen molar-refractivity contribution in [3.63, 3.8) is 0 Å². The topological polar surface area (TPSA) is 81.0 Å². The van der Waals surface area contributed by atoms with Gasteiger partial charge in [-0.05, 0) is 6.92 Å². The summed E-state index contributed by atoms with van der Waals surface area (Å²) in [6, 6.07) is 0. The zero-order chi connectivity index (χ0) is 8.43. The second kappa shape index (κ2) is 2.61. The Kier molecular flexibility index (Phi) is 1.80. The summed E-state index contributed by atoms with van der Waals surface area (Å²) >= 11 is 0. The minimum Gasteiger partial charge on any atom is -0.489 e. The number of ether oxygens (including phenoxy) is 1. The van der Waals surface area contributed by atoms with Gasteiger partial charge in [-0.2, -0.15) is 0 Å². The number of methoxy groups -OCH3 is 1. The van der Waals surface area contributed by atoms with Gasteiger partial charge in [0.05, 0.1) is 7.11 Å². The van der Waals surface area contributed by atoms with Gasteiger partial charge in [0.1, 0.15) is 5.82 Å². The molecule has 0 fully saturated rings. The maximum absolute atomic E-state index is 11.0. The Morgan fingerprint density at radius 3 is 2.73 bits per heavy atom. The maximum Gasteiger partial charge on any atom is 0.295 e. The predicted molar refractivity (Wildman–Crippen MR) is 40.6 cm³/mol. The Labute approximate surface area is 63.2 Å². The van der Waals surface area contributed by atoms with E-state index >= 15 is 0 Å². The lowest BCUT2D eigenvalue weighted by Crippen LogP contribution is -2.14. The number of aryl methyl sites for hydroxylation is 1. The molecule has 1 aromatic rings. The highest BCUT2D eigenvalue weighted by molar-refractivity contribution is 5.43. The molecule has 0 unspecified atom stereocenters. The fraction of sp³-hybridized carbons (Fsp3) is 0.333. The molecule has 0 aromatic carbocycles. The van der Waals surface area contributed by atoms with E-state index in [9.17, 15) is 4.79 Å². The fourth-order valence-electron chi connectivity index (χ4n) is 0.794. The first-order chi connectivity index (χ1) is 5.15. The number of nitrogens with zero attached hydrogens (tertiary/aromatic N) is 1. The number of nitrogens with one attached hydrogen (secondary N) is 1. The molecule has 0 saturated heterocycles. The van der Waals surface area contributed by atoms with Crippen LogP contribution in [-0.4, -0.2) is 17.1 Å². The molecule has 11 heavy (non-hydrogen) atoms. The largest absolute Gasteiger partial charge is 0.489 e. The standard InChI is InChI=1S/C6H9N3O2/c1-3-8-5(7)4(11-2)6(10)9-3/h1-2H3,(H3,7,8,9,10). The van der Waals surface area contributed by atoms with Crippen LogP contribution in [0.25, 0.3) is 0 Å². The SMILES string of the molecule is COc1c(N)nc(C)[nH]c1=O. The zero-order valence-corrected chi connectivity index (χ0v) is 6.34. The number of hydrogen-bond donors (Lipinski definition) is 2. The van der Waals surface area contributed by atoms with Gasteiger partial charge >= 0.3 is 0 Å². The third-order valence-corrected chi connectivity index (χ3v) is 1.23. The van der Waals surface area contributed by atoms with Crippen LogP contribution in [0.1, 0.15) is 5.82 Å². The highest BCUT2D eigenvalue weighted by Gasteiger charge is 2.05. The number of H-pyrrole nitrogens is 1. The van der Waals surface area contributed by atoms with Gasteiger partial charge in [-0.3, -0.25) is 4.79 Å². The van der Waals surface area contributed by atoms with Gasteiger partial charge in [-0.25, -0.2) is 4.98 Å². The maximum atomic E-state index is 11.0. The third-order valence-electron chi connectivity index (χ3n) is 1.23. The number of rotatable bonds is 1. The second-order valence-corrected chi connectivity index (χ2v) is 2.07. The summed E-state index contributed by atoms with van der Waals surface area (Å²) < 4.78 is 4.70. The number of aromatic nitrogens is 2. The summed E-state index contributed by atoms with van der Waals surface area (Å²) in [4.78, 5) is 17.3. The van der Waals surface area contributed by atoms with Crippen LogP contribution in [0.2, 0.25) is 0 Å². The third kappa shape index (κ3) is 1.31. The number of aromatic amines is 1. The van der Waals surface area contributed by atoms with Crippen LogP contribution in [0.3, 0.4) is 0 Å². The lowest BCUT2D eigenvalue weighted by Gasteiger charge is -2.01. The van der Waals surface area contributed by atoms with E-state index in [1.54, 1.807) is 6.92 Å². The molecule has 60 valence electrons. The van der Waals surface area contributed by atoms with E-state index in [2.05, 4.69) is 9.97 Å². The molecule has 1 rings (SSSR count). The first-order valence-electron chi connectivity index (χ1n) is 3.05. The van der Waals surface area contributed by atoms with Crippen molar-refractivity contribution in [2.75, 3.05) is 12.8 Å². The molecule has 3 N–H and O–H groups in total. The Balaban J connectivity index is 3.37. The molecule has 0 aliphatic rings. The van der Waals surface area contributed by atoms with Crippen LogP contribution in [-0.2, 0) is 0 Å². The summed E-state index contributed by atoms with van der Waals surface area (Å²) in [5, 5.41) is 0. The molecule has 0 atom stereocenters. The molecule has 0 spiro atoms. The van der Waals surface area contributed by atoms with Crippen LogP contribution >= 0.6 is 0 Å². The lowest BCUT2D eigenvalue weighted by atomic mass is 10.5. The number of nitrogen functional groups attached to an aromatic ring is 1. The van der Waals surface area contributed by atoms with Gasteiger partial charge in [-0.15, -0.1) is 0 Å². The van der Waals surface area contributed by atoms with E-state index in [1.165, 1.54) is 7.11 Å². The fourth-order valence-corrected chi connectivity index (χ4v) is 0.794. The van der Waals surface area contributed by atoms with Crippen LogP contribution < -0.4 is 16.0 Å². The van der Waals surface area contributed by atoms with Gasteiger partial charge < -0.3 is 15.5 Å². The van der Waals surface area contributed by atoms with Crippen LogP contribution in [0, 0.1) is 6.92 Å². The molecular weight excluding hydrogens is 146 g/mol. The molecule has 1 aromatic heterocycles. The van der Waals surface area contributed by atoms with Gasteiger partial charge in [0.15, 0.2) is 5.82 Å². The van der Waals surface area contributed by atoms with E-state index in [-0.39, 0.29) is 17.1 Å². The molecule has 0 bridgehead atoms.